The molecule has 0 aliphatic rings. The molecule has 140 valence electrons. The molecule has 3 nitrogen and oxygen atoms in total. The van der Waals surface area contributed by atoms with E-state index in [1.807, 2.05) is 31.2 Å². The monoisotopic (exact) mass is 360 g/mol. The van der Waals surface area contributed by atoms with Crippen LogP contribution in [0.1, 0.15) is 53.5 Å². The molecule has 0 unspecified atom stereocenters. The van der Waals surface area contributed by atoms with Crippen LogP contribution in [0.4, 0.5) is 0 Å². The number of nitrogens with two attached hydrogens (primary N) is 1. The van der Waals surface area contributed by atoms with Gasteiger partial charge in [-0.1, -0.05) is 80.4 Å². The van der Waals surface area contributed by atoms with Gasteiger partial charge in [0.25, 0.3) is 5.91 Å². The Hall–Kier alpha value is -2.81. The molecule has 0 bridgehead atoms. The predicted octanol–water partition coefficient (Wildman–Crippen LogP) is 5.34. The molecular weight excluding hydrogens is 332 g/mol. The van der Waals surface area contributed by atoms with Crippen molar-refractivity contribution < 1.29 is 4.79 Å². The fraction of sp³-hybridized carbons (Fsp3) is 0.292. The SMILES string of the molecule is CCCCCc1c(-c2ccccc2)c(C(N)=O)c(C)n1Cc1ccccc1. The molecule has 0 saturated carbocycles. The molecule has 1 amide bonds. The topological polar surface area (TPSA) is 48.0 Å². The Labute approximate surface area is 161 Å². The van der Waals surface area contributed by atoms with Crippen molar-refractivity contribution in [1.29, 1.82) is 0 Å². The number of unbranched alkanes of at least 4 members (excludes halogenated alkanes) is 2. The Morgan fingerprint density at radius 1 is 0.963 bits per heavy atom. The number of hydrogen-bond donors (Lipinski definition) is 1. The fourth-order valence-corrected chi connectivity index (χ4v) is 3.80. The zero-order valence-corrected chi connectivity index (χ0v) is 16.2. The van der Waals surface area contributed by atoms with E-state index in [0.29, 0.717) is 5.56 Å². The van der Waals surface area contributed by atoms with E-state index in [0.717, 1.165) is 36.2 Å². The highest BCUT2D eigenvalue weighted by molar-refractivity contribution is 6.02. The summed E-state index contributed by atoms with van der Waals surface area (Å²) in [6, 6.07) is 20.5. The molecule has 1 aromatic heterocycles. The first kappa shape index (κ1) is 19.0. The maximum absolute atomic E-state index is 12.4. The number of carbonyl (C=O) groups is 1. The number of aromatic nitrogens is 1. The zero-order chi connectivity index (χ0) is 19.2. The van der Waals surface area contributed by atoms with E-state index in [4.69, 9.17) is 5.73 Å². The van der Waals surface area contributed by atoms with Gasteiger partial charge in [0.15, 0.2) is 0 Å². The normalized spacial score (nSPS) is 10.9. The van der Waals surface area contributed by atoms with Crippen molar-refractivity contribution in [3.05, 3.63) is 83.2 Å². The minimum absolute atomic E-state index is 0.352. The number of benzene rings is 2. The first-order chi connectivity index (χ1) is 13.1. The third kappa shape index (κ3) is 4.13. The second-order valence-electron chi connectivity index (χ2n) is 7.04. The average molecular weight is 361 g/mol. The molecule has 2 N–H and O–H groups in total. The van der Waals surface area contributed by atoms with Crippen molar-refractivity contribution in [2.45, 2.75) is 46.1 Å². The fourth-order valence-electron chi connectivity index (χ4n) is 3.80. The van der Waals surface area contributed by atoms with E-state index in [9.17, 15) is 4.79 Å². The van der Waals surface area contributed by atoms with Crippen molar-refractivity contribution in [2.75, 3.05) is 0 Å². The van der Waals surface area contributed by atoms with Crippen LogP contribution in [0.5, 0.6) is 0 Å². The van der Waals surface area contributed by atoms with Crippen LogP contribution in [0.25, 0.3) is 11.1 Å². The third-order valence-corrected chi connectivity index (χ3v) is 5.14. The van der Waals surface area contributed by atoms with E-state index < -0.39 is 0 Å². The van der Waals surface area contributed by atoms with E-state index >= 15 is 0 Å². The van der Waals surface area contributed by atoms with Crippen molar-refractivity contribution in [1.82, 2.24) is 4.57 Å². The lowest BCUT2D eigenvalue weighted by atomic mass is 9.97. The van der Waals surface area contributed by atoms with Crippen molar-refractivity contribution in [3.63, 3.8) is 0 Å². The molecule has 0 atom stereocenters. The van der Waals surface area contributed by atoms with Crippen LogP contribution in [-0.2, 0) is 13.0 Å². The molecule has 1 heterocycles. The lowest BCUT2D eigenvalue weighted by Crippen LogP contribution is -2.13. The van der Waals surface area contributed by atoms with Crippen LogP contribution in [-0.4, -0.2) is 10.5 Å². The van der Waals surface area contributed by atoms with E-state index in [1.165, 1.54) is 24.1 Å². The van der Waals surface area contributed by atoms with Crippen LogP contribution in [0.15, 0.2) is 60.7 Å². The molecule has 0 aliphatic heterocycles. The smallest absolute Gasteiger partial charge is 0.251 e. The maximum atomic E-state index is 12.4. The second-order valence-corrected chi connectivity index (χ2v) is 7.04. The molecule has 3 aromatic rings. The first-order valence-electron chi connectivity index (χ1n) is 9.74. The molecule has 3 heteroatoms. The standard InChI is InChI=1S/C24H28N2O/c1-3-4-7-16-21-23(20-14-10-6-11-15-20)22(24(25)27)18(2)26(21)17-19-12-8-5-9-13-19/h5-6,8-15H,3-4,7,16-17H2,1-2H3,(H2,25,27). The van der Waals surface area contributed by atoms with Gasteiger partial charge in [0, 0.05) is 23.5 Å². The lowest BCUT2D eigenvalue weighted by molar-refractivity contribution is 0.1000. The van der Waals surface area contributed by atoms with Crippen LogP contribution < -0.4 is 5.73 Å². The summed E-state index contributed by atoms with van der Waals surface area (Å²) in [6.07, 6.45) is 4.39. The minimum atomic E-state index is -0.352. The Balaban J connectivity index is 2.17. The third-order valence-electron chi connectivity index (χ3n) is 5.14. The minimum Gasteiger partial charge on any atom is -0.366 e. The molecule has 2 aromatic carbocycles. The number of rotatable bonds is 8. The maximum Gasteiger partial charge on any atom is 0.251 e. The lowest BCUT2D eigenvalue weighted by Gasteiger charge is -2.14. The summed E-state index contributed by atoms with van der Waals surface area (Å²) >= 11 is 0. The van der Waals surface area contributed by atoms with Gasteiger partial charge >= 0.3 is 0 Å². The Kier molecular flexibility index (Phi) is 6.12. The second kappa shape index (κ2) is 8.72. The largest absolute Gasteiger partial charge is 0.366 e. The average Bonchev–Trinajstić information content (AvgIpc) is 2.96. The van der Waals surface area contributed by atoms with Gasteiger partial charge in [0.05, 0.1) is 5.56 Å². The number of amides is 1. The number of hydrogen-bond acceptors (Lipinski definition) is 1. The van der Waals surface area contributed by atoms with Gasteiger partial charge in [-0.3, -0.25) is 4.79 Å². The molecule has 27 heavy (non-hydrogen) atoms. The summed E-state index contributed by atoms with van der Waals surface area (Å²) in [6.45, 7) is 4.97. The molecule has 0 spiro atoms. The predicted molar refractivity (Wildman–Crippen MR) is 112 cm³/mol. The van der Waals surface area contributed by atoms with Crippen molar-refractivity contribution >= 4 is 5.91 Å². The van der Waals surface area contributed by atoms with Crippen LogP contribution in [0.3, 0.4) is 0 Å². The van der Waals surface area contributed by atoms with Gasteiger partial charge < -0.3 is 10.3 Å². The molecule has 0 aliphatic carbocycles. The number of carbonyl (C=O) groups excluding carboxylic acids is 1. The van der Waals surface area contributed by atoms with Gasteiger partial charge in [-0.25, -0.2) is 0 Å². The quantitative estimate of drug-likeness (QED) is 0.541. The summed E-state index contributed by atoms with van der Waals surface area (Å²) < 4.78 is 2.29. The van der Waals surface area contributed by atoms with Crippen LogP contribution in [0, 0.1) is 6.92 Å². The molecule has 0 radical (unpaired) electrons. The van der Waals surface area contributed by atoms with Crippen LogP contribution in [0.2, 0.25) is 0 Å². The van der Waals surface area contributed by atoms with Crippen molar-refractivity contribution in [3.8, 4) is 11.1 Å². The highest BCUT2D eigenvalue weighted by Gasteiger charge is 2.24. The van der Waals surface area contributed by atoms with Gasteiger partial charge in [-0.15, -0.1) is 0 Å². The molecule has 3 rings (SSSR count). The number of nitrogens with zero attached hydrogens (tertiary/aromatic N) is 1. The first-order valence-corrected chi connectivity index (χ1v) is 9.74. The summed E-state index contributed by atoms with van der Waals surface area (Å²) in [5.74, 6) is -0.352. The van der Waals surface area contributed by atoms with Gasteiger partial charge in [0.2, 0.25) is 0 Å². The van der Waals surface area contributed by atoms with E-state index in [1.54, 1.807) is 0 Å². The molecule has 0 saturated heterocycles. The number of primary amides is 1. The summed E-state index contributed by atoms with van der Waals surface area (Å²) in [5.41, 5.74) is 11.9. The molecular formula is C24H28N2O. The highest BCUT2D eigenvalue weighted by Crippen LogP contribution is 2.34. The van der Waals surface area contributed by atoms with Gasteiger partial charge in [-0.05, 0) is 30.9 Å². The summed E-state index contributed by atoms with van der Waals surface area (Å²) in [7, 11) is 0. The summed E-state index contributed by atoms with van der Waals surface area (Å²) in [4.78, 5) is 12.4. The van der Waals surface area contributed by atoms with Crippen molar-refractivity contribution in [2.24, 2.45) is 5.73 Å². The Bertz CT molecular complexity index is 895. The van der Waals surface area contributed by atoms with E-state index in [2.05, 4.69) is 47.9 Å². The Morgan fingerprint density at radius 3 is 2.19 bits per heavy atom. The van der Waals surface area contributed by atoms with Crippen LogP contribution >= 0.6 is 0 Å². The highest BCUT2D eigenvalue weighted by atomic mass is 16.1. The zero-order valence-electron chi connectivity index (χ0n) is 16.2. The molecule has 0 fully saturated rings. The van der Waals surface area contributed by atoms with Gasteiger partial charge in [0.1, 0.15) is 0 Å². The Morgan fingerprint density at radius 2 is 1.59 bits per heavy atom. The van der Waals surface area contributed by atoms with Gasteiger partial charge in [-0.2, -0.15) is 0 Å². The van der Waals surface area contributed by atoms with E-state index in [-0.39, 0.29) is 5.91 Å². The summed E-state index contributed by atoms with van der Waals surface area (Å²) in [5, 5.41) is 0.